The molecule has 26 heavy (non-hydrogen) atoms. The van der Waals surface area contributed by atoms with Crippen LogP contribution in [-0.4, -0.2) is 37.6 Å². The number of carbonyl (C=O) groups is 1. The fraction of sp³-hybridized carbons (Fsp3) is 0.333. The van der Waals surface area contributed by atoms with Crippen LogP contribution < -0.4 is 10.6 Å². The monoisotopic (exact) mass is 354 g/mol. The van der Waals surface area contributed by atoms with E-state index in [0.29, 0.717) is 18.3 Å². The Bertz CT molecular complexity index is 941. The number of aliphatic hydroxyl groups is 1. The van der Waals surface area contributed by atoms with Crippen molar-refractivity contribution in [3.05, 3.63) is 35.9 Å². The molecule has 3 rings (SSSR count). The lowest BCUT2D eigenvalue weighted by Crippen LogP contribution is -2.28. The summed E-state index contributed by atoms with van der Waals surface area (Å²) < 4.78 is 0. The van der Waals surface area contributed by atoms with Crippen molar-refractivity contribution in [2.75, 3.05) is 11.9 Å². The topological polar surface area (TPSA) is 116 Å². The van der Waals surface area contributed by atoms with Crippen LogP contribution in [-0.2, 0) is 5.60 Å². The molecule has 136 valence electrons. The van der Waals surface area contributed by atoms with E-state index in [-0.39, 0.29) is 6.03 Å². The van der Waals surface area contributed by atoms with Gasteiger partial charge in [-0.05, 0) is 51.0 Å². The molecule has 8 heteroatoms. The molecule has 2 amide bonds. The molecule has 0 saturated carbocycles. The van der Waals surface area contributed by atoms with E-state index in [0.717, 1.165) is 27.7 Å². The molecule has 8 nitrogen and oxygen atoms in total. The molecule has 0 spiro atoms. The second-order valence-corrected chi connectivity index (χ2v) is 6.61. The Labute approximate surface area is 151 Å². The predicted octanol–water partition coefficient (Wildman–Crippen LogP) is 2.70. The Morgan fingerprint density at radius 3 is 2.54 bits per heavy atom. The number of nitrogens with zero attached hydrogens (tertiary/aromatic N) is 3. The van der Waals surface area contributed by atoms with Gasteiger partial charge in [0.05, 0.1) is 11.0 Å². The number of rotatable bonds is 4. The summed E-state index contributed by atoms with van der Waals surface area (Å²) in [6, 6.07) is 3.61. The molecule has 0 aliphatic carbocycles. The zero-order valence-electron chi connectivity index (χ0n) is 15.2. The average Bonchev–Trinajstić information content (AvgIpc) is 2.97. The SMILES string of the molecule is CCNC(=O)Nc1nc2c(C)cc(-c3cnc(C(C)(C)O)nc3)cc2[nH]1. The van der Waals surface area contributed by atoms with Crippen LogP contribution in [0.25, 0.3) is 22.2 Å². The number of fused-ring (bicyclic) bond motifs is 1. The third-order valence-corrected chi connectivity index (χ3v) is 3.88. The van der Waals surface area contributed by atoms with Gasteiger partial charge in [0.15, 0.2) is 5.82 Å². The Hall–Kier alpha value is -3.00. The van der Waals surface area contributed by atoms with E-state index >= 15 is 0 Å². The Morgan fingerprint density at radius 2 is 1.92 bits per heavy atom. The highest BCUT2D eigenvalue weighted by Gasteiger charge is 2.19. The second-order valence-electron chi connectivity index (χ2n) is 6.61. The normalized spacial score (nSPS) is 11.6. The Kier molecular flexibility index (Phi) is 4.60. The minimum atomic E-state index is -1.08. The van der Waals surface area contributed by atoms with Crippen LogP contribution in [0.3, 0.4) is 0 Å². The van der Waals surface area contributed by atoms with Crippen molar-refractivity contribution < 1.29 is 9.90 Å². The number of H-pyrrole nitrogens is 1. The quantitative estimate of drug-likeness (QED) is 0.575. The molecule has 0 unspecified atom stereocenters. The van der Waals surface area contributed by atoms with Crippen molar-refractivity contribution in [1.82, 2.24) is 25.3 Å². The Balaban J connectivity index is 1.94. The molecule has 0 fully saturated rings. The molecular weight excluding hydrogens is 332 g/mol. The van der Waals surface area contributed by atoms with Gasteiger partial charge in [0.1, 0.15) is 5.60 Å². The van der Waals surface area contributed by atoms with Gasteiger partial charge in [-0.25, -0.2) is 19.7 Å². The van der Waals surface area contributed by atoms with E-state index in [1.54, 1.807) is 26.2 Å². The van der Waals surface area contributed by atoms with Gasteiger partial charge in [-0.15, -0.1) is 0 Å². The van der Waals surface area contributed by atoms with Gasteiger partial charge in [0.2, 0.25) is 5.95 Å². The average molecular weight is 354 g/mol. The third-order valence-electron chi connectivity index (χ3n) is 3.88. The van der Waals surface area contributed by atoms with Gasteiger partial charge in [0.25, 0.3) is 0 Å². The molecule has 2 heterocycles. The summed E-state index contributed by atoms with van der Waals surface area (Å²) in [6.07, 6.45) is 3.37. The lowest BCUT2D eigenvalue weighted by molar-refractivity contribution is 0.0687. The van der Waals surface area contributed by atoms with Crippen LogP contribution in [0.5, 0.6) is 0 Å². The van der Waals surface area contributed by atoms with Crippen molar-refractivity contribution in [3.8, 4) is 11.1 Å². The number of urea groups is 1. The van der Waals surface area contributed by atoms with Crippen LogP contribution in [0.1, 0.15) is 32.2 Å². The predicted molar refractivity (Wildman–Crippen MR) is 99.8 cm³/mol. The zero-order chi connectivity index (χ0) is 18.9. The number of amides is 2. The molecule has 0 aliphatic rings. The lowest BCUT2D eigenvalue weighted by atomic mass is 10.0. The maximum Gasteiger partial charge on any atom is 0.321 e. The number of hydrogen-bond donors (Lipinski definition) is 4. The molecule has 2 aromatic heterocycles. The minimum Gasteiger partial charge on any atom is -0.382 e. The van der Waals surface area contributed by atoms with Gasteiger partial charge in [-0.1, -0.05) is 0 Å². The first-order valence-electron chi connectivity index (χ1n) is 8.38. The third kappa shape index (κ3) is 3.65. The molecule has 0 bridgehead atoms. The highest BCUT2D eigenvalue weighted by Crippen LogP contribution is 2.27. The van der Waals surface area contributed by atoms with Gasteiger partial charge in [-0.3, -0.25) is 5.32 Å². The van der Waals surface area contributed by atoms with E-state index in [1.165, 1.54) is 0 Å². The van der Waals surface area contributed by atoms with Crippen LogP contribution in [0.2, 0.25) is 0 Å². The van der Waals surface area contributed by atoms with E-state index in [9.17, 15) is 9.90 Å². The van der Waals surface area contributed by atoms with Crippen molar-refractivity contribution >= 4 is 23.0 Å². The summed E-state index contributed by atoms with van der Waals surface area (Å²) in [6.45, 7) is 7.63. The van der Waals surface area contributed by atoms with Gasteiger partial charge in [-0.2, -0.15) is 0 Å². The molecular formula is C18H22N6O2. The summed E-state index contributed by atoms with van der Waals surface area (Å²) in [7, 11) is 0. The largest absolute Gasteiger partial charge is 0.382 e. The molecule has 1 aromatic carbocycles. The summed E-state index contributed by atoms with van der Waals surface area (Å²) in [5.41, 5.74) is 3.22. The van der Waals surface area contributed by atoms with Crippen LogP contribution >= 0.6 is 0 Å². The van der Waals surface area contributed by atoms with E-state index in [1.807, 2.05) is 26.0 Å². The first-order valence-corrected chi connectivity index (χ1v) is 8.38. The van der Waals surface area contributed by atoms with Crippen molar-refractivity contribution in [2.45, 2.75) is 33.3 Å². The van der Waals surface area contributed by atoms with Crippen molar-refractivity contribution in [2.24, 2.45) is 0 Å². The standard InChI is InChI=1S/C18H22N6O2/c1-5-19-17(25)24-16-22-13-7-11(6-10(2)14(13)23-16)12-8-20-15(21-9-12)18(3,4)26/h6-9,26H,5H2,1-4H3,(H3,19,22,23,24,25). The number of aromatic amines is 1. The maximum atomic E-state index is 11.7. The summed E-state index contributed by atoms with van der Waals surface area (Å²) >= 11 is 0. The number of benzene rings is 1. The van der Waals surface area contributed by atoms with Crippen molar-refractivity contribution in [3.63, 3.8) is 0 Å². The number of anilines is 1. The number of aryl methyl sites for hydroxylation is 1. The van der Waals surface area contributed by atoms with Gasteiger partial charge >= 0.3 is 6.03 Å². The summed E-state index contributed by atoms with van der Waals surface area (Å²) in [5, 5.41) is 15.3. The smallest absolute Gasteiger partial charge is 0.321 e. The number of imidazole rings is 1. The van der Waals surface area contributed by atoms with Crippen molar-refractivity contribution in [1.29, 1.82) is 0 Å². The van der Waals surface area contributed by atoms with Gasteiger partial charge < -0.3 is 15.4 Å². The highest BCUT2D eigenvalue weighted by atomic mass is 16.3. The number of carbonyl (C=O) groups excluding carboxylic acids is 1. The van der Waals surface area contributed by atoms with Gasteiger partial charge in [0, 0.05) is 24.5 Å². The maximum absolute atomic E-state index is 11.7. The van der Waals surface area contributed by atoms with E-state index < -0.39 is 5.60 Å². The lowest BCUT2D eigenvalue weighted by Gasteiger charge is -2.15. The van der Waals surface area contributed by atoms with Crippen LogP contribution in [0, 0.1) is 6.92 Å². The molecule has 4 N–H and O–H groups in total. The molecule has 0 aliphatic heterocycles. The Morgan fingerprint density at radius 1 is 1.23 bits per heavy atom. The second kappa shape index (κ2) is 6.72. The van der Waals surface area contributed by atoms with Crippen LogP contribution in [0.4, 0.5) is 10.7 Å². The molecule has 0 radical (unpaired) electrons. The zero-order valence-corrected chi connectivity index (χ0v) is 15.2. The molecule has 0 atom stereocenters. The van der Waals surface area contributed by atoms with E-state index in [2.05, 4.69) is 30.6 Å². The molecule has 3 aromatic rings. The fourth-order valence-corrected chi connectivity index (χ4v) is 2.62. The van der Waals surface area contributed by atoms with E-state index in [4.69, 9.17) is 0 Å². The highest BCUT2D eigenvalue weighted by molar-refractivity contribution is 5.91. The summed E-state index contributed by atoms with van der Waals surface area (Å²) in [5.74, 6) is 0.758. The van der Waals surface area contributed by atoms with Crippen LogP contribution in [0.15, 0.2) is 24.5 Å². The number of nitrogens with one attached hydrogen (secondary N) is 3. The number of hydrogen-bond acceptors (Lipinski definition) is 5. The molecule has 0 saturated heterocycles. The number of aromatic nitrogens is 4. The first kappa shape index (κ1) is 17.8. The fourth-order valence-electron chi connectivity index (χ4n) is 2.62. The summed E-state index contributed by atoms with van der Waals surface area (Å²) in [4.78, 5) is 27.7. The first-order chi connectivity index (χ1) is 12.3. The minimum absolute atomic E-state index is 0.306.